The lowest BCUT2D eigenvalue weighted by Gasteiger charge is -2.20. The second-order valence-corrected chi connectivity index (χ2v) is 4.97. The number of aryl methyl sites for hydroxylation is 2. The van der Waals surface area contributed by atoms with Crippen LogP contribution in [0, 0.1) is 13.8 Å². The van der Waals surface area contributed by atoms with Crippen molar-refractivity contribution in [3.8, 4) is 0 Å². The number of rotatable bonds is 4. The van der Waals surface area contributed by atoms with Crippen LogP contribution in [0.3, 0.4) is 0 Å². The van der Waals surface area contributed by atoms with Gasteiger partial charge in [-0.25, -0.2) is 4.79 Å². The van der Waals surface area contributed by atoms with Gasteiger partial charge in [0.25, 0.3) is 0 Å². The third-order valence-corrected chi connectivity index (χ3v) is 3.49. The van der Waals surface area contributed by atoms with Crippen molar-refractivity contribution in [3.63, 3.8) is 0 Å². The Labute approximate surface area is 112 Å². The summed E-state index contributed by atoms with van der Waals surface area (Å²) >= 11 is 0. The number of nitrogens with one attached hydrogen (secondary N) is 2. The topological polar surface area (TPSA) is 76.4 Å². The highest BCUT2D eigenvalue weighted by atomic mass is 16.5. The Bertz CT molecular complexity index is 419. The lowest BCUT2D eigenvalue weighted by Crippen LogP contribution is -2.45. The van der Waals surface area contributed by atoms with Gasteiger partial charge in [0, 0.05) is 18.7 Å². The van der Waals surface area contributed by atoms with Crippen LogP contribution in [0.4, 0.5) is 4.79 Å². The van der Waals surface area contributed by atoms with Crippen molar-refractivity contribution in [1.29, 1.82) is 0 Å². The fraction of sp³-hybridized carbons (Fsp3) is 0.692. The normalized spacial score (nSPS) is 20.3. The Kier molecular flexibility index (Phi) is 4.42. The monoisotopic (exact) mass is 267 g/mol. The molecule has 19 heavy (non-hydrogen) atoms. The molecule has 6 nitrogen and oxygen atoms in total. The number of carbonyl (C=O) groups is 1. The smallest absolute Gasteiger partial charge is 0.315 e. The summed E-state index contributed by atoms with van der Waals surface area (Å²) in [5.74, 6) is 0.741. The summed E-state index contributed by atoms with van der Waals surface area (Å²) in [6.07, 6.45) is 2.20. The van der Waals surface area contributed by atoms with Crippen LogP contribution < -0.4 is 10.6 Å². The van der Waals surface area contributed by atoms with Crippen LogP contribution >= 0.6 is 0 Å². The Morgan fingerprint density at radius 1 is 1.53 bits per heavy atom. The summed E-state index contributed by atoms with van der Waals surface area (Å²) in [5, 5.41) is 9.56. The van der Waals surface area contributed by atoms with Crippen LogP contribution in [-0.4, -0.2) is 29.9 Å². The number of amides is 2. The molecule has 6 heteroatoms. The second-order valence-electron chi connectivity index (χ2n) is 4.97. The Morgan fingerprint density at radius 2 is 2.32 bits per heavy atom. The van der Waals surface area contributed by atoms with Crippen LogP contribution in [0.2, 0.25) is 0 Å². The van der Waals surface area contributed by atoms with Crippen LogP contribution in [-0.2, 0) is 11.3 Å². The van der Waals surface area contributed by atoms with E-state index in [4.69, 9.17) is 9.26 Å². The van der Waals surface area contributed by atoms with Crippen molar-refractivity contribution in [2.75, 3.05) is 6.61 Å². The second kappa shape index (κ2) is 6.06. The molecule has 0 radical (unpaired) electrons. The number of carbonyl (C=O) groups excluding carboxylic acids is 1. The molecule has 1 fully saturated rings. The molecule has 106 valence electrons. The number of aromatic nitrogens is 1. The van der Waals surface area contributed by atoms with Crippen LogP contribution in [0.15, 0.2) is 4.52 Å². The van der Waals surface area contributed by atoms with Crippen LogP contribution in [0.5, 0.6) is 0 Å². The Balaban J connectivity index is 1.78. The maximum atomic E-state index is 11.8. The van der Waals surface area contributed by atoms with E-state index >= 15 is 0 Å². The maximum Gasteiger partial charge on any atom is 0.315 e. The van der Waals surface area contributed by atoms with E-state index in [-0.39, 0.29) is 18.2 Å². The third-order valence-electron chi connectivity index (χ3n) is 3.49. The van der Waals surface area contributed by atoms with Gasteiger partial charge in [0.15, 0.2) is 0 Å². The molecule has 1 saturated heterocycles. The van der Waals surface area contributed by atoms with Gasteiger partial charge in [-0.3, -0.25) is 0 Å². The molecular formula is C13H21N3O3. The number of hydrogen-bond donors (Lipinski definition) is 2. The first-order valence-electron chi connectivity index (χ1n) is 6.65. The average Bonchev–Trinajstić information content (AvgIpc) is 2.98. The van der Waals surface area contributed by atoms with Gasteiger partial charge in [0.1, 0.15) is 5.76 Å². The van der Waals surface area contributed by atoms with Crippen molar-refractivity contribution in [2.45, 2.75) is 52.3 Å². The molecular weight excluding hydrogens is 246 g/mol. The molecule has 1 aliphatic heterocycles. The van der Waals surface area contributed by atoms with Gasteiger partial charge in [-0.05, 0) is 33.6 Å². The first-order chi connectivity index (χ1) is 9.08. The molecule has 2 amide bonds. The zero-order chi connectivity index (χ0) is 13.8. The predicted octanol–water partition coefficient (Wildman–Crippen LogP) is 1.66. The molecule has 0 saturated carbocycles. The van der Waals surface area contributed by atoms with Crippen LogP contribution in [0.1, 0.15) is 36.8 Å². The Morgan fingerprint density at radius 3 is 2.89 bits per heavy atom. The van der Waals surface area contributed by atoms with Crippen LogP contribution in [0.25, 0.3) is 0 Å². The van der Waals surface area contributed by atoms with Gasteiger partial charge in [0.2, 0.25) is 0 Å². The molecule has 2 heterocycles. The highest BCUT2D eigenvalue weighted by Gasteiger charge is 2.23. The van der Waals surface area contributed by atoms with E-state index in [1.807, 2.05) is 20.8 Å². The van der Waals surface area contributed by atoms with Crippen molar-refractivity contribution < 1.29 is 14.1 Å². The molecule has 2 rings (SSSR count). The molecule has 2 N–H and O–H groups in total. The summed E-state index contributed by atoms with van der Waals surface area (Å²) in [5.41, 5.74) is 1.74. The van der Waals surface area contributed by atoms with Gasteiger partial charge in [-0.1, -0.05) is 5.16 Å². The van der Waals surface area contributed by atoms with E-state index in [0.717, 1.165) is 36.5 Å². The lowest BCUT2D eigenvalue weighted by atomic mass is 10.1. The molecule has 0 aromatic carbocycles. The van der Waals surface area contributed by atoms with Crippen molar-refractivity contribution >= 4 is 6.03 Å². The van der Waals surface area contributed by atoms with Gasteiger partial charge >= 0.3 is 6.03 Å². The summed E-state index contributed by atoms with van der Waals surface area (Å²) in [4.78, 5) is 11.8. The number of urea groups is 1. The summed E-state index contributed by atoms with van der Waals surface area (Å²) in [6, 6.07) is -0.171. The standard InChI is InChI=1S/C13H21N3O3/c1-8-11(10(3)19-16-8)7-14-13(17)15-9(2)12-5-4-6-18-12/h9,12H,4-7H2,1-3H3,(H2,14,15,17)/t9-,12+/m1/s1. The van der Waals surface area contributed by atoms with E-state index in [2.05, 4.69) is 15.8 Å². The molecule has 2 atom stereocenters. The zero-order valence-corrected chi connectivity index (χ0v) is 11.7. The van der Waals surface area contributed by atoms with E-state index < -0.39 is 0 Å². The molecule has 1 aromatic heterocycles. The first kappa shape index (κ1) is 13.9. The highest BCUT2D eigenvalue weighted by molar-refractivity contribution is 5.74. The molecule has 1 aromatic rings. The summed E-state index contributed by atoms with van der Waals surface area (Å²) in [7, 11) is 0. The van der Waals surface area contributed by atoms with Crippen molar-refractivity contribution in [3.05, 3.63) is 17.0 Å². The van der Waals surface area contributed by atoms with Gasteiger partial charge < -0.3 is 19.9 Å². The molecule has 0 bridgehead atoms. The van der Waals surface area contributed by atoms with Gasteiger partial charge in [0.05, 0.1) is 17.8 Å². The maximum absolute atomic E-state index is 11.8. The largest absolute Gasteiger partial charge is 0.376 e. The lowest BCUT2D eigenvalue weighted by molar-refractivity contribution is 0.0860. The first-order valence-corrected chi connectivity index (χ1v) is 6.65. The fourth-order valence-corrected chi connectivity index (χ4v) is 2.27. The minimum Gasteiger partial charge on any atom is -0.376 e. The number of hydrogen-bond acceptors (Lipinski definition) is 4. The van der Waals surface area contributed by atoms with E-state index in [0.29, 0.717) is 6.54 Å². The van der Waals surface area contributed by atoms with E-state index in [1.54, 1.807) is 0 Å². The zero-order valence-electron chi connectivity index (χ0n) is 11.7. The van der Waals surface area contributed by atoms with Crippen molar-refractivity contribution in [2.24, 2.45) is 0 Å². The quantitative estimate of drug-likeness (QED) is 0.869. The van der Waals surface area contributed by atoms with Gasteiger partial charge in [-0.15, -0.1) is 0 Å². The summed E-state index contributed by atoms with van der Waals surface area (Å²) < 4.78 is 10.6. The van der Waals surface area contributed by atoms with Gasteiger partial charge in [-0.2, -0.15) is 0 Å². The molecule has 0 spiro atoms. The average molecular weight is 267 g/mol. The fourth-order valence-electron chi connectivity index (χ4n) is 2.27. The van der Waals surface area contributed by atoms with E-state index in [1.165, 1.54) is 0 Å². The minimum absolute atomic E-state index is 0.0205. The van der Waals surface area contributed by atoms with E-state index in [9.17, 15) is 4.79 Å². The summed E-state index contributed by atoms with van der Waals surface area (Å²) in [6.45, 7) is 6.87. The highest BCUT2D eigenvalue weighted by Crippen LogP contribution is 2.15. The number of nitrogens with zero attached hydrogens (tertiary/aromatic N) is 1. The minimum atomic E-state index is -0.192. The number of ether oxygens (including phenoxy) is 1. The molecule has 1 aliphatic rings. The third kappa shape index (κ3) is 3.47. The Hall–Kier alpha value is -1.56. The molecule has 0 unspecified atom stereocenters. The molecule has 0 aliphatic carbocycles. The van der Waals surface area contributed by atoms with Crippen molar-refractivity contribution in [1.82, 2.24) is 15.8 Å². The predicted molar refractivity (Wildman–Crippen MR) is 69.8 cm³/mol. The SMILES string of the molecule is Cc1noc(C)c1CNC(=O)N[C@H](C)[C@@H]1CCCO1.